The molecular weight excluding hydrogens is 212 g/mol. The van der Waals surface area contributed by atoms with Gasteiger partial charge in [-0.25, -0.2) is 0 Å². The Morgan fingerprint density at radius 1 is 1.00 bits per heavy atom. The summed E-state index contributed by atoms with van der Waals surface area (Å²) in [4.78, 5) is 0. The van der Waals surface area contributed by atoms with Crippen LogP contribution in [-0.2, 0) is 18.3 Å². The number of hydrogen-bond donors (Lipinski definition) is 0. The number of hydrogen-bond acceptors (Lipinski definition) is 4. The van der Waals surface area contributed by atoms with E-state index < -0.39 is 8.56 Å². The van der Waals surface area contributed by atoms with E-state index in [0.29, 0.717) is 13.2 Å². The van der Waals surface area contributed by atoms with Crippen LogP contribution in [0.3, 0.4) is 0 Å². The summed E-state index contributed by atoms with van der Waals surface area (Å²) in [6.45, 7) is 7.48. The van der Waals surface area contributed by atoms with Gasteiger partial charge < -0.3 is 18.3 Å². The van der Waals surface area contributed by atoms with Gasteiger partial charge >= 0.3 is 8.56 Å². The van der Waals surface area contributed by atoms with Crippen molar-refractivity contribution >= 4 is 8.56 Å². The van der Waals surface area contributed by atoms with Gasteiger partial charge in [0.05, 0.1) is 0 Å². The second-order valence-corrected chi connectivity index (χ2v) is 6.78. The molecule has 0 aliphatic rings. The SMILES string of the molecule is CCO[Si](C)(CCC(OC)OC)OCC. The van der Waals surface area contributed by atoms with E-state index in [9.17, 15) is 0 Å². The summed E-state index contributed by atoms with van der Waals surface area (Å²) < 4.78 is 21.7. The molecule has 0 amide bonds. The molecule has 0 aliphatic carbocycles. The Labute approximate surface area is 94.1 Å². The van der Waals surface area contributed by atoms with Crippen molar-refractivity contribution in [3.63, 3.8) is 0 Å². The number of ether oxygens (including phenoxy) is 2. The highest BCUT2D eigenvalue weighted by Crippen LogP contribution is 2.18. The molecule has 0 saturated heterocycles. The van der Waals surface area contributed by atoms with Crippen molar-refractivity contribution in [2.75, 3.05) is 27.4 Å². The number of methoxy groups -OCH3 is 2. The van der Waals surface area contributed by atoms with Crippen LogP contribution in [0.15, 0.2) is 0 Å². The first-order valence-electron chi connectivity index (χ1n) is 5.45. The lowest BCUT2D eigenvalue weighted by molar-refractivity contribution is -0.104. The average molecular weight is 236 g/mol. The molecule has 0 N–H and O–H groups in total. The minimum Gasteiger partial charge on any atom is -0.395 e. The smallest absolute Gasteiger partial charge is 0.335 e. The molecule has 0 aliphatic heterocycles. The Bertz CT molecular complexity index is 144. The number of rotatable bonds is 9. The summed E-state index contributed by atoms with van der Waals surface area (Å²) >= 11 is 0. The Kier molecular flexibility index (Phi) is 8.27. The Hall–Kier alpha value is 0.0569. The van der Waals surface area contributed by atoms with Crippen molar-refractivity contribution < 1.29 is 18.3 Å². The quantitative estimate of drug-likeness (QED) is 0.454. The van der Waals surface area contributed by atoms with Gasteiger partial charge in [-0.2, -0.15) is 0 Å². The zero-order chi connectivity index (χ0) is 11.7. The van der Waals surface area contributed by atoms with Crippen molar-refractivity contribution in [3.8, 4) is 0 Å². The molecule has 0 atom stereocenters. The first kappa shape index (κ1) is 15.1. The van der Waals surface area contributed by atoms with Crippen LogP contribution < -0.4 is 0 Å². The third-order valence-electron chi connectivity index (χ3n) is 2.26. The second kappa shape index (κ2) is 8.24. The molecule has 4 nitrogen and oxygen atoms in total. The highest BCUT2D eigenvalue weighted by molar-refractivity contribution is 6.66. The Morgan fingerprint density at radius 2 is 1.47 bits per heavy atom. The lowest BCUT2D eigenvalue weighted by Crippen LogP contribution is -2.39. The summed E-state index contributed by atoms with van der Waals surface area (Å²) in [5.74, 6) is 0. The van der Waals surface area contributed by atoms with Crippen LogP contribution in [0.4, 0.5) is 0 Å². The highest BCUT2D eigenvalue weighted by atomic mass is 28.4. The van der Waals surface area contributed by atoms with Crippen LogP contribution in [0.5, 0.6) is 0 Å². The van der Waals surface area contributed by atoms with Gasteiger partial charge in [0.15, 0.2) is 6.29 Å². The molecule has 0 rings (SSSR count). The maximum Gasteiger partial charge on any atom is 0.335 e. The van der Waals surface area contributed by atoms with E-state index in [1.165, 1.54) is 0 Å². The van der Waals surface area contributed by atoms with E-state index in [-0.39, 0.29) is 6.29 Å². The van der Waals surface area contributed by atoms with Crippen molar-refractivity contribution in [2.24, 2.45) is 0 Å². The van der Waals surface area contributed by atoms with Crippen molar-refractivity contribution in [1.82, 2.24) is 0 Å². The fourth-order valence-corrected chi connectivity index (χ4v) is 3.86. The van der Waals surface area contributed by atoms with E-state index >= 15 is 0 Å². The van der Waals surface area contributed by atoms with Crippen LogP contribution in [-0.4, -0.2) is 42.3 Å². The van der Waals surface area contributed by atoms with E-state index in [1.54, 1.807) is 14.2 Å². The Balaban J connectivity index is 4.03. The molecule has 0 radical (unpaired) electrons. The van der Waals surface area contributed by atoms with Gasteiger partial charge in [-0.3, -0.25) is 0 Å². The normalized spacial score (nSPS) is 12.4. The molecule has 0 bridgehead atoms. The van der Waals surface area contributed by atoms with Gasteiger partial charge in [0, 0.05) is 33.9 Å². The molecule has 92 valence electrons. The molecule has 5 heteroatoms. The van der Waals surface area contributed by atoms with Crippen LogP contribution in [0.25, 0.3) is 0 Å². The van der Waals surface area contributed by atoms with Crippen molar-refractivity contribution in [3.05, 3.63) is 0 Å². The molecule has 0 spiro atoms. The maximum atomic E-state index is 5.71. The second-order valence-electron chi connectivity index (χ2n) is 3.44. The standard InChI is InChI=1S/C10H24O4Si/c1-6-13-15(5,14-7-2)9-8-10(11-3)12-4/h10H,6-9H2,1-5H3. The monoisotopic (exact) mass is 236 g/mol. The predicted molar refractivity (Wildman–Crippen MR) is 62.1 cm³/mol. The summed E-state index contributed by atoms with van der Waals surface area (Å²) in [5, 5.41) is 0. The lowest BCUT2D eigenvalue weighted by atomic mass is 10.5. The largest absolute Gasteiger partial charge is 0.395 e. The zero-order valence-electron chi connectivity index (χ0n) is 10.5. The van der Waals surface area contributed by atoms with Gasteiger partial charge in [-0.05, 0) is 26.4 Å². The fourth-order valence-electron chi connectivity index (χ4n) is 1.51. The van der Waals surface area contributed by atoms with Gasteiger partial charge in [-0.15, -0.1) is 0 Å². The fraction of sp³-hybridized carbons (Fsp3) is 1.00. The van der Waals surface area contributed by atoms with Gasteiger partial charge in [-0.1, -0.05) is 0 Å². The van der Waals surface area contributed by atoms with Gasteiger partial charge in [0.1, 0.15) is 0 Å². The van der Waals surface area contributed by atoms with Crippen molar-refractivity contribution in [1.29, 1.82) is 0 Å². The Morgan fingerprint density at radius 3 is 1.80 bits per heavy atom. The summed E-state index contributed by atoms with van der Waals surface area (Å²) in [7, 11) is 1.29. The van der Waals surface area contributed by atoms with Gasteiger partial charge in [0.2, 0.25) is 0 Å². The van der Waals surface area contributed by atoms with Crippen LogP contribution in [0, 0.1) is 0 Å². The molecule has 0 aromatic heterocycles. The maximum absolute atomic E-state index is 5.71. The molecular formula is C10H24O4Si. The molecule has 15 heavy (non-hydrogen) atoms. The predicted octanol–water partition coefficient (Wildman–Crippen LogP) is 2.14. The van der Waals surface area contributed by atoms with E-state index in [1.807, 2.05) is 13.8 Å². The van der Waals surface area contributed by atoms with Crippen LogP contribution in [0.1, 0.15) is 20.3 Å². The molecule has 0 aromatic carbocycles. The first-order chi connectivity index (χ1) is 7.11. The summed E-state index contributed by atoms with van der Waals surface area (Å²) in [5.41, 5.74) is 0. The third kappa shape index (κ3) is 6.27. The summed E-state index contributed by atoms with van der Waals surface area (Å²) in [6, 6.07) is 0.890. The molecule has 0 aromatic rings. The minimum absolute atomic E-state index is 0.155. The molecule has 0 unspecified atom stereocenters. The van der Waals surface area contributed by atoms with Crippen molar-refractivity contribution in [2.45, 2.75) is 39.1 Å². The van der Waals surface area contributed by atoms with Crippen LogP contribution >= 0.6 is 0 Å². The van der Waals surface area contributed by atoms with Gasteiger partial charge in [0.25, 0.3) is 0 Å². The summed E-state index contributed by atoms with van der Waals surface area (Å²) in [6.07, 6.45) is 0.660. The molecule has 0 saturated carbocycles. The third-order valence-corrected chi connectivity index (χ3v) is 5.25. The lowest BCUT2D eigenvalue weighted by Gasteiger charge is -2.27. The minimum atomic E-state index is -2.00. The zero-order valence-corrected chi connectivity index (χ0v) is 11.5. The topological polar surface area (TPSA) is 36.9 Å². The van der Waals surface area contributed by atoms with E-state index in [0.717, 1.165) is 12.5 Å². The van der Waals surface area contributed by atoms with E-state index in [2.05, 4.69) is 6.55 Å². The first-order valence-corrected chi connectivity index (χ1v) is 7.97. The van der Waals surface area contributed by atoms with E-state index in [4.69, 9.17) is 18.3 Å². The van der Waals surface area contributed by atoms with Crippen LogP contribution in [0.2, 0.25) is 12.6 Å². The molecule has 0 heterocycles. The average Bonchev–Trinajstić information content (AvgIpc) is 2.20. The molecule has 0 fully saturated rings. The highest BCUT2D eigenvalue weighted by Gasteiger charge is 2.31.